The number of pyridine rings is 1. The largest absolute Gasteiger partial charge is 0.324 e. The molecular weight excluding hydrogens is 212 g/mol. The Morgan fingerprint density at radius 1 is 1.24 bits per heavy atom. The molecule has 0 radical (unpaired) electrons. The van der Waals surface area contributed by atoms with Gasteiger partial charge in [-0.25, -0.2) is 9.97 Å². The molecule has 0 saturated heterocycles. The van der Waals surface area contributed by atoms with E-state index in [9.17, 15) is 0 Å². The van der Waals surface area contributed by atoms with Gasteiger partial charge < -0.3 is 5.73 Å². The average Bonchev–Trinajstić information content (AvgIpc) is 2.28. The lowest BCUT2D eigenvalue weighted by Crippen LogP contribution is -2.09. The maximum Gasteiger partial charge on any atom is 0.178 e. The zero-order valence-electron chi connectivity index (χ0n) is 10.3. The van der Waals surface area contributed by atoms with Crippen LogP contribution >= 0.6 is 0 Å². The molecule has 4 nitrogen and oxygen atoms in total. The molecule has 2 rings (SSSR count). The van der Waals surface area contributed by atoms with Crippen molar-refractivity contribution in [1.82, 2.24) is 15.0 Å². The lowest BCUT2D eigenvalue weighted by Gasteiger charge is -2.09. The summed E-state index contributed by atoms with van der Waals surface area (Å²) in [7, 11) is 0. The Morgan fingerprint density at radius 2 is 2.00 bits per heavy atom. The number of rotatable bonds is 2. The molecule has 2 aromatic rings. The fraction of sp³-hybridized carbons (Fsp3) is 0.308. The van der Waals surface area contributed by atoms with E-state index in [0.717, 1.165) is 22.5 Å². The Hall–Kier alpha value is -1.81. The van der Waals surface area contributed by atoms with Gasteiger partial charge in [0.1, 0.15) is 5.69 Å². The van der Waals surface area contributed by atoms with E-state index in [1.807, 2.05) is 32.9 Å². The van der Waals surface area contributed by atoms with Crippen LogP contribution in [0.5, 0.6) is 0 Å². The first kappa shape index (κ1) is 11.7. The van der Waals surface area contributed by atoms with E-state index < -0.39 is 0 Å². The van der Waals surface area contributed by atoms with Crippen molar-refractivity contribution in [2.45, 2.75) is 26.8 Å². The number of nitrogens with two attached hydrogens (primary N) is 1. The van der Waals surface area contributed by atoms with Crippen LogP contribution in [0.2, 0.25) is 0 Å². The summed E-state index contributed by atoms with van der Waals surface area (Å²) in [4.78, 5) is 13.0. The highest BCUT2D eigenvalue weighted by Crippen LogP contribution is 2.17. The molecule has 0 spiro atoms. The molecule has 1 atom stereocenters. The van der Waals surface area contributed by atoms with Gasteiger partial charge in [-0.15, -0.1) is 0 Å². The zero-order valence-corrected chi connectivity index (χ0v) is 10.3. The van der Waals surface area contributed by atoms with E-state index >= 15 is 0 Å². The lowest BCUT2D eigenvalue weighted by molar-refractivity contribution is 0.790. The highest BCUT2D eigenvalue weighted by molar-refractivity contribution is 5.50. The summed E-state index contributed by atoms with van der Waals surface area (Å²) >= 11 is 0. The highest BCUT2D eigenvalue weighted by Gasteiger charge is 2.09. The molecule has 0 saturated carbocycles. The van der Waals surface area contributed by atoms with Gasteiger partial charge in [0.05, 0.1) is 0 Å². The normalized spacial score (nSPS) is 12.5. The second-order valence-electron chi connectivity index (χ2n) is 4.24. The Morgan fingerprint density at radius 3 is 2.59 bits per heavy atom. The van der Waals surface area contributed by atoms with Crippen LogP contribution in [0.4, 0.5) is 0 Å². The van der Waals surface area contributed by atoms with Gasteiger partial charge in [-0.05, 0) is 38.5 Å². The van der Waals surface area contributed by atoms with Crippen LogP contribution in [-0.2, 0) is 0 Å². The van der Waals surface area contributed by atoms with Crippen molar-refractivity contribution >= 4 is 0 Å². The third kappa shape index (κ3) is 2.47. The Bertz CT molecular complexity index is 535. The minimum absolute atomic E-state index is 0.0467. The molecule has 0 aliphatic heterocycles. The Labute approximate surface area is 101 Å². The SMILES string of the molecule is Cc1ccnc(-c2ncc(C(C)N)c(C)n2)c1. The third-order valence-corrected chi connectivity index (χ3v) is 2.65. The summed E-state index contributed by atoms with van der Waals surface area (Å²) in [5.74, 6) is 0.649. The molecule has 2 N–H and O–H groups in total. The molecule has 88 valence electrons. The van der Waals surface area contributed by atoms with Gasteiger partial charge in [-0.1, -0.05) is 0 Å². The molecule has 0 aliphatic rings. The summed E-state index contributed by atoms with van der Waals surface area (Å²) in [5.41, 5.74) is 9.66. The first-order valence-corrected chi connectivity index (χ1v) is 5.60. The van der Waals surface area contributed by atoms with Crippen LogP contribution < -0.4 is 5.73 Å². The van der Waals surface area contributed by atoms with Gasteiger partial charge in [-0.3, -0.25) is 4.98 Å². The first-order valence-electron chi connectivity index (χ1n) is 5.60. The van der Waals surface area contributed by atoms with Gasteiger partial charge in [0, 0.05) is 29.7 Å². The molecule has 2 aromatic heterocycles. The number of hydrogen-bond donors (Lipinski definition) is 1. The molecule has 17 heavy (non-hydrogen) atoms. The van der Waals surface area contributed by atoms with Gasteiger partial charge in [-0.2, -0.15) is 0 Å². The second-order valence-corrected chi connectivity index (χ2v) is 4.24. The molecule has 4 heteroatoms. The van der Waals surface area contributed by atoms with Crippen molar-refractivity contribution in [2.24, 2.45) is 5.73 Å². The average molecular weight is 228 g/mol. The first-order chi connectivity index (χ1) is 8.08. The fourth-order valence-electron chi connectivity index (χ4n) is 1.71. The predicted octanol–water partition coefficient (Wildman–Crippen LogP) is 2.18. The van der Waals surface area contributed by atoms with Crippen molar-refractivity contribution in [1.29, 1.82) is 0 Å². The van der Waals surface area contributed by atoms with Gasteiger partial charge in [0.15, 0.2) is 5.82 Å². The summed E-state index contributed by atoms with van der Waals surface area (Å²) < 4.78 is 0. The van der Waals surface area contributed by atoms with E-state index in [-0.39, 0.29) is 6.04 Å². The topological polar surface area (TPSA) is 64.7 Å². The van der Waals surface area contributed by atoms with Gasteiger partial charge >= 0.3 is 0 Å². The van der Waals surface area contributed by atoms with Crippen molar-refractivity contribution < 1.29 is 0 Å². The molecule has 1 unspecified atom stereocenters. The Kier molecular flexibility index (Phi) is 3.15. The number of aryl methyl sites for hydroxylation is 2. The van der Waals surface area contributed by atoms with Crippen molar-refractivity contribution in [3.63, 3.8) is 0 Å². The van der Waals surface area contributed by atoms with Crippen molar-refractivity contribution in [2.75, 3.05) is 0 Å². The molecule has 2 heterocycles. The van der Waals surface area contributed by atoms with Crippen molar-refractivity contribution in [3.05, 3.63) is 41.3 Å². The van der Waals surface area contributed by atoms with Crippen LogP contribution in [0, 0.1) is 13.8 Å². The second kappa shape index (κ2) is 4.59. The molecular formula is C13H16N4. The smallest absolute Gasteiger partial charge is 0.178 e. The van der Waals surface area contributed by atoms with E-state index in [4.69, 9.17) is 5.73 Å². The van der Waals surface area contributed by atoms with Crippen LogP contribution in [-0.4, -0.2) is 15.0 Å². The molecule has 0 fully saturated rings. The van der Waals surface area contributed by atoms with E-state index in [1.165, 1.54) is 0 Å². The monoisotopic (exact) mass is 228 g/mol. The predicted molar refractivity (Wildman–Crippen MR) is 67.3 cm³/mol. The molecule has 0 aliphatic carbocycles. The number of nitrogens with zero attached hydrogens (tertiary/aromatic N) is 3. The standard InChI is InChI=1S/C13H16N4/c1-8-4-5-15-12(6-8)13-16-7-11(9(2)14)10(3)17-13/h4-7,9H,14H2,1-3H3. The van der Waals surface area contributed by atoms with Crippen LogP contribution in [0.1, 0.15) is 29.8 Å². The lowest BCUT2D eigenvalue weighted by atomic mass is 10.1. The number of aromatic nitrogens is 3. The molecule has 0 amide bonds. The summed E-state index contributed by atoms with van der Waals surface area (Å²) in [5, 5.41) is 0. The summed E-state index contributed by atoms with van der Waals surface area (Å²) in [6.45, 7) is 5.89. The fourth-order valence-corrected chi connectivity index (χ4v) is 1.71. The van der Waals surface area contributed by atoms with Crippen LogP contribution in [0.3, 0.4) is 0 Å². The van der Waals surface area contributed by atoms with E-state index in [1.54, 1.807) is 12.4 Å². The minimum Gasteiger partial charge on any atom is -0.324 e. The van der Waals surface area contributed by atoms with Crippen LogP contribution in [0.15, 0.2) is 24.5 Å². The van der Waals surface area contributed by atoms with E-state index in [2.05, 4.69) is 15.0 Å². The maximum absolute atomic E-state index is 5.83. The zero-order chi connectivity index (χ0) is 12.4. The van der Waals surface area contributed by atoms with E-state index in [0.29, 0.717) is 5.82 Å². The van der Waals surface area contributed by atoms with Gasteiger partial charge in [0.25, 0.3) is 0 Å². The van der Waals surface area contributed by atoms with Gasteiger partial charge in [0.2, 0.25) is 0 Å². The summed E-state index contributed by atoms with van der Waals surface area (Å²) in [6, 6.07) is 3.88. The summed E-state index contributed by atoms with van der Waals surface area (Å²) in [6.07, 6.45) is 3.55. The quantitative estimate of drug-likeness (QED) is 0.855. The van der Waals surface area contributed by atoms with Crippen molar-refractivity contribution in [3.8, 4) is 11.5 Å². The number of hydrogen-bond acceptors (Lipinski definition) is 4. The molecule has 0 bridgehead atoms. The van der Waals surface area contributed by atoms with Crippen LogP contribution in [0.25, 0.3) is 11.5 Å². The Balaban J connectivity index is 2.44. The maximum atomic E-state index is 5.83. The highest BCUT2D eigenvalue weighted by atomic mass is 14.9. The molecule has 0 aromatic carbocycles. The minimum atomic E-state index is -0.0467. The third-order valence-electron chi connectivity index (χ3n) is 2.65.